The van der Waals surface area contributed by atoms with Crippen molar-refractivity contribution in [2.45, 2.75) is 5.25 Å². The molecule has 0 aliphatic rings. The highest BCUT2D eigenvalue weighted by molar-refractivity contribution is 7.99. The molecule has 0 bridgehead atoms. The van der Waals surface area contributed by atoms with Gasteiger partial charge in [-0.15, -0.1) is 11.8 Å². The number of rotatable bonds is 5. The second-order valence-corrected chi connectivity index (χ2v) is 5.07. The summed E-state index contributed by atoms with van der Waals surface area (Å²) in [6, 6.07) is 16.6. The molecule has 2 aromatic rings. The van der Waals surface area contributed by atoms with E-state index in [-0.39, 0.29) is 11.2 Å². The maximum Gasteiger partial charge on any atom is 0.328 e. The van der Waals surface area contributed by atoms with Crippen LogP contribution in [-0.4, -0.2) is 19.3 Å². The Kier molecular flexibility index (Phi) is 5.07. The molecule has 0 saturated heterocycles. The third kappa shape index (κ3) is 3.54. The van der Waals surface area contributed by atoms with Crippen LogP contribution in [0.4, 0.5) is 0 Å². The molecule has 0 spiro atoms. The molecule has 4 heteroatoms. The Bertz CT molecular complexity index is 552. The van der Waals surface area contributed by atoms with Crippen molar-refractivity contribution in [2.24, 2.45) is 0 Å². The van der Waals surface area contributed by atoms with Crippen LogP contribution in [0.2, 0.25) is 0 Å². The van der Waals surface area contributed by atoms with Crippen molar-refractivity contribution in [3.05, 3.63) is 60.2 Å². The van der Waals surface area contributed by atoms with Crippen LogP contribution in [0, 0.1) is 0 Å². The zero-order chi connectivity index (χ0) is 14.4. The minimum atomic E-state index is -0.321. The van der Waals surface area contributed by atoms with Gasteiger partial charge < -0.3 is 9.47 Å². The molecule has 0 saturated carbocycles. The molecule has 0 amide bonds. The molecule has 0 aliphatic carbocycles. The summed E-state index contributed by atoms with van der Waals surface area (Å²) in [7, 11) is 1.60. The van der Waals surface area contributed by atoms with Crippen molar-refractivity contribution in [1.82, 2.24) is 0 Å². The van der Waals surface area contributed by atoms with E-state index in [4.69, 9.17) is 9.47 Å². The predicted octanol–water partition coefficient (Wildman–Crippen LogP) is 3.70. The van der Waals surface area contributed by atoms with Crippen LogP contribution in [0.5, 0.6) is 11.5 Å². The molecule has 1 unspecified atom stereocenters. The highest BCUT2D eigenvalue weighted by Gasteiger charge is 2.21. The maximum atomic E-state index is 12.2. The zero-order valence-corrected chi connectivity index (χ0v) is 12.2. The molecule has 0 heterocycles. The van der Waals surface area contributed by atoms with Crippen LogP contribution in [0.15, 0.2) is 54.6 Å². The number of thioether (sulfide) groups is 1. The topological polar surface area (TPSA) is 35.5 Å². The molecule has 2 aromatic carbocycles. The molecule has 104 valence electrons. The molecule has 2 rings (SSSR count). The van der Waals surface area contributed by atoms with E-state index >= 15 is 0 Å². The van der Waals surface area contributed by atoms with Gasteiger partial charge in [-0.3, -0.25) is 4.79 Å². The fourth-order valence-electron chi connectivity index (χ4n) is 1.81. The number of carbonyl (C=O) groups is 1. The number of hydrogen-bond donors (Lipinski definition) is 0. The maximum absolute atomic E-state index is 12.2. The van der Waals surface area contributed by atoms with Gasteiger partial charge in [-0.1, -0.05) is 30.3 Å². The van der Waals surface area contributed by atoms with Gasteiger partial charge in [0.05, 0.1) is 7.11 Å². The van der Waals surface area contributed by atoms with E-state index < -0.39 is 0 Å². The van der Waals surface area contributed by atoms with E-state index in [1.165, 1.54) is 11.8 Å². The van der Waals surface area contributed by atoms with Gasteiger partial charge in [-0.2, -0.15) is 0 Å². The summed E-state index contributed by atoms with van der Waals surface area (Å²) in [6.07, 6.45) is 1.90. The first-order valence-electron chi connectivity index (χ1n) is 6.18. The molecular formula is C16H16O3S. The number of hydrogen-bond acceptors (Lipinski definition) is 4. The summed E-state index contributed by atoms with van der Waals surface area (Å²) < 4.78 is 10.5. The second kappa shape index (κ2) is 7.01. The largest absolute Gasteiger partial charge is 0.497 e. The predicted molar refractivity (Wildman–Crippen MR) is 81.3 cm³/mol. The quantitative estimate of drug-likeness (QED) is 0.621. The number of carbonyl (C=O) groups excluding carboxylic acids is 1. The molecule has 20 heavy (non-hydrogen) atoms. The minimum Gasteiger partial charge on any atom is -0.497 e. The highest BCUT2D eigenvalue weighted by atomic mass is 32.2. The molecule has 0 fully saturated rings. The van der Waals surface area contributed by atoms with E-state index in [2.05, 4.69) is 0 Å². The Morgan fingerprint density at radius 1 is 1.00 bits per heavy atom. The molecule has 0 aliphatic heterocycles. The SMILES string of the molecule is COc1ccc(OC(=O)C(SC)c2ccccc2)cc1. The van der Waals surface area contributed by atoms with Crippen LogP contribution < -0.4 is 9.47 Å². The van der Waals surface area contributed by atoms with Gasteiger partial charge >= 0.3 is 5.97 Å². The first kappa shape index (κ1) is 14.5. The lowest BCUT2D eigenvalue weighted by Gasteiger charge is -2.14. The normalized spacial score (nSPS) is 11.7. The Morgan fingerprint density at radius 2 is 1.60 bits per heavy atom. The lowest BCUT2D eigenvalue weighted by molar-refractivity contribution is -0.133. The average Bonchev–Trinajstić information content (AvgIpc) is 2.50. The fraction of sp³-hybridized carbons (Fsp3) is 0.188. The van der Waals surface area contributed by atoms with Crippen molar-refractivity contribution >= 4 is 17.7 Å². The lowest BCUT2D eigenvalue weighted by Crippen LogP contribution is -2.16. The monoisotopic (exact) mass is 288 g/mol. The van der Waals surface area contributed by atoms with Crippen LogP contribution in [0.3, 0.4) is 0 Å². The Morgan fingerprint density at radius 3 is 2.15 bits per heavy atom. The van der Waals surface area contributed by atoms with Crippen LogP contribution in [0.1, 0.15) is 10.8 Å². The number of methoxy groups -OCH3 is 1. The summed E-state index contributed by atoms with van der Waals surface area (Å²) in [4.78, 5) is 12.2. The van der Waals surface area contributed by atoms with E-state index in [1.807, 2.05) is 36.6 Å². The third-order valence-corrected chi connectivity index (χ3v) is 3.77. The van der Waals surface area contributed by atoms with Crippen LogP contribution >= 0.6 is 11.8 Å². The smallest absolute Gasteiger partial charge is 0.328 e. The second-order valence-electron chi connectivity index (χ2n) is 4.12. The van der Waals surface area contributed by atoms with Crippen LogP contribution in [-0.2, 0) is 4.79 Å². The Hall–Kier alpha value is -1.94. The van der Waals surface area contributed by atoms with Crippen molar-refractivity contribution in [3.8, 4) is 11.5 Å². The van der Waals surface area contributed by atoms with Gasteiger partial charge in [-0.25, -0.2) is 0 Å². The van der Waals surface area contributed by atoms with Crippen molar-refractivity contribution < 1.29 is 14.3 Å². The van der Waals surface area contributed by atoms with Gasteiger partial charge in [-0.05, 0) is 36.1 Å². The first-order chi connectivity index (χ1) is 9.74. The fourth-order valence-corrected chi connectivity index (χ4v) is 2.48. The van der Waals surface area contributed by atoms with Gasteiger partial charge in [0.2, 0.25) is 0 Å². The minimum absolute atomic E-state index is 0.270. The zero-order valence-electron chi connectivity index (χ0n) is 11.4. The Labute approximate surface area is 122 Å². The molecule has 0 N–H and O–H groups in total. The highest BCUT2D eigenvalue weighted by Crippen LogP contribution is 2.29. The molecule has 0 radical (unpaired) electrons. The van der Waals surface area contributed by atoms with Gasteiger partial charge in [0.25, 0.3) is 0 Å². The van der Waals surface area contributed by atoms with Gasteiger partial charge in [0, 0.05) is 0 Å². The summed E-state index contributed by atoms with van der Waals surface area (Å²) in [5, 5.41) is -0.321. The standard InChI is InChI=1S/C16H16O3S/c1-18-13-8-10-14(11-9-13)19-16(17)15(20-2)12-6-4-3-5-7-12/h3-11,15H,1-2H3. The van der Waals surface area contributed by atoms with Crippen molar-refractivity contribution in [3.63, 3.8) is 0 Å². The van der Waals surface area contributed by atoms with E-state index in [0.29, 0.717) is 5.75 Å². The number of esters is 1. The van der Waals surface area contributed by atoms with Gasteiger partial charge in [0.15, 0.2) is 0 Å². The van der Waals surface area contributed by atoms with E-state index in [9.17, 15) is 4.79 Å². The summed E-state index contributed by atoms with van der Waals surface area (Å²) in [6.45, 7) is 0. The molecule has 0 aromatic heterocycles. The third-order valence-electron chi connectivity index (χ3n) is 2.83. The van der Waals surface area contributed by atoms with Crippen LogP contribution in [0.25, 0.3) is 0 Å². The van der Waals surface area contributed by atoms with E-state index in [0.717, 1.165) is 11.3 Å². The lowest BCUT2D eigenvalue weighted by atomic mass is 10.1. The molecular weight excluding hydrogens is 272 g/mol. The van der Waals surface area contributed by atoms with Crippen molar-refractivity contribution in [2.75, 3.05) is 13.4 Å². The number of benzene rings is 2. The summed E-state index contributed by atoms with van der Waals surface area (Å²) in [5.41, 5.74) is 0.943. The van der Waals surface area contributed by atoms with Crippen molar-refractivity contribution in [1.29, 1.82) is 0 Å². The van der Waals surface area contributed by atoms with Gasteiger partial charge in [0.1, 0.15) is 16.7 Å². The summed E-state index contributed by atoms with van der Waals surface area (Å²) >= 11 is 1.46. The molecule has 3 nitrogen and oxygen atoms in total. The Balaban J connectivity index is 2.09. The average molecular weight is 288 g/mol. The number of ether oxygens (including phenoxy) is 2. The first-order valence-corrected chi connectivity index (χ1v) is 7.47. The summed E-state index contributed by atoms with van der Waals surface area (Å²) in [5.74, 6) is 0.980. The van der Waals surface area contributed by atoms with E-state index in [1.54, 1.807) is 31.4 Å². The molecule has 1 atom stereocenters.